The number of halogens is 2. The van der Waals surface area contributed by atoms with Gasteiger partial charge in [0.15, 0.2) is 0 Å². The molecule has 6 heteroatoms. The molecule has 0 aliphatic rings. The van der Waals surface area contributed by atoms with Crippen LogP contribution in [0.4, 0.5) is 0 Å². The minimum Gasteiger partial charge on any atom is -0.290 e. The fourth-order valence-electron chi connectivity index (χ4n) is 1.75. The number of hydrogen-bond acceptors (Lipinski definition) is 3. The van der Waals surface area contributed by atoms with Gasteiger partial charge >= 0.3 is 0 Å². The molecule has 0 N–H and O–H groups in total. The third-order valence-electron chi connectivity index (χ3n) is 2.97. The predicted molar refractivity (Wildman–Crippen MR) is 89.7 cm³/mol. The molecule has 2 aromatic rings. The van der Waals surface area contributed by atoms with Crippen molar-refractivity contribution in [2.45, 2.75) is 14.4 Å². The van der Waals surface area contributed by atoms with Gasteiger partial charge in [0.2, 0.25) is 18.2 Å². The van der Waals surface area contributed by atoms with E-state index in [2.05, 4.69) is 31.9 Å². The standard InChI is InChI=1S/C15H12Br2O3S/c1-11-7-9-13(10-8-11)21(19,20)15(16,17)14(18)12-5-3-2-4-6-12/h2-10H,1H3. The SMILES string of the molecule is Cc1ccc(S(=O)(=O)C(Br)(Br)C(=O)c2ccccc2)cc1. The average Bonchev–Trinajstić information content (AvgIpc) is 2.47. The molecule has 3 nitrogen and oxygen atoms in total. The molecule has 2 rings (SSSR count). The van der Waals surface area contributed by atoms with E-state index in [-0.39, 0.29) is 4.90 Å². The fourth-order valence-corrected chi connectivity index (χ4v) is 4.48. The molecule has 0 unspecified atom stereocenters. The molecule has 0 amide bonds. The van der Waals surface area contributed by atoms with Gasteiger partial charge in [-0.1, -0.05) is 48.0 Å². The highest BCUT2D eigenvalue weighted by molar-refractivity contribution is 9.28. The number of aryl methyl sites for hydroxylation is 1. The number of sulfone groups is 1. The Labute approximate surface area is 140 Å². The van der Waals surface area contributed by atoms with E-state index in [1.165, 1.54) is 12.1 Å². The zero-order chi connectivity index (χ0) is 15.7. The highest BCUT2D eigenvalue weighted by Crippen LogP contribution is 2.40. The van der Waals surface area contributed by atoms with Gasteiger partial charge in [-0.25, -0.2) is 8.42 Å². The normalized spacial score (nSPS) is 12.1. The lowest BCUT2D eigenvalue weighted by Gasteiger charge is -2.20. The Balaban J connectivity index is 2.47. The first-order chi connectivity index (χ1) is 9.76. The topological polar surface area (TPSA) is 51.2 Å². The Morgan fingerprint density at radius 1 is 0.952 bits per heavy atom. The van der Waals surface area contributed by atoms with Crippen molar-refractivity contribution in [3.63, 3.8) is 0 Å². The minimum atomic E-state index is -3.92. The van der Waals surface area contributed by atoms with Crippen molar-refractivity contribution >= 4 is 47.5 Å². The Morgan fingerprint density at radius 3 is 2.00 bits per heavy atom. The zero-order valence-corrected chi connectivity index (χ0v) is 15.1. The van der Waals surface area contributed by atoms with Crippen LogP contribution < -0.4 is 0 Å². The molecule has 2 aromatic carbocycles. The van der Waals surface area contributed by atoms with Crippen molar-refractivity contribution in [3.8, 4) is 0 Å². The van der Waals surface area contributed by atoms with Gasteiger partial charge in [0.05, 0.1) is 4.90 Å². The summed E-state index contributed by atoms with van der Waals surface area (Å²) in [5, 5.41) is 0. The zero-order valence-electron chi connectivity index (χ0n) is 11.1. The average molecular weight is 432 g/mol. The first kappa shape index (κ1) is 16.4. The van der Waals surface area contributed by atoms with Crippen molar-refractivity contribution < 1.29 is 13.2 Å². The predicted octanol–water partition coefficient (Wildman–Crippen LogP) is 4.10. The molecule has 0 aliphatic heterocycles. The van der Waals surface area contributed by atoms with Crippen LogP contribution in [-0.4, -0.2) is 16.8 Å². The molecule has 0 bridgehead atoms. The number of benzene rings is 2. The van der Waals surface area contributed by atoms with Gasteiger partial charge in [0.25, 0.3) is 0 Å². The molecule has 21 heavy (non-hydrogen) atoms. The Bertz CT molecular complexity index is 751. The van der Waals surface area contributed by atoms with Crippen LogP contribution in [-0.2, 0) is 9.84 Å². The highest BCUT2D eigenvalue weighted by atomic mass is 79.9. The molecular weight excluding hydrogens is 420 g/mol. The van der Waals surface area contributed by atoms with Gasteiger partial charge in [0, 0.05) is 5.56 Å². The van der Waals surface area contributed by atoms with Gasteiger partial charge in [-0.3, -0.25) is 4.79 Å². The van der Waals surface area contributed by atoms with E-state index in [1.54, 1.807) is 42.5 Å². The molecule has 0 atom stereocenters. The van der Waals surface area contributed by atoms with Crippen LogP contribution in [0.1, 0.15) is 15.9 Å². The van der Waals surface area contributed by atoms with Crippen molar-refractivity contribution in [3.05, 3.63) is 65.7 Å². The Morgan fingerprint density at radius 2 is 1.48 bits per heavy atom. The van der Waals surface area contributed by atoms with Crippen molar-refractivity contribution in [2.75, 3.05) is 0 Å². The number of rotatable bonds is 4. The molecule has 0 spiro atoms. The summed E-state index contributed by atoms with van der Waals surface area (Å²) in [5.74, 6) is -0.566. The lowest BCUT2D eigenvalue weighted by Crippen LogP contribution is -2.34. The van der Waals surface area contributed by atoms with Crippen molar-refractivity contribution in [1.82, 2.24) is 0 Å². The maximum absolute atomic E-state index is 12.7. The van der Waals surface area contributed by atoms with Crippen LogP contribution in [0, 0.1) is 6.92 Å². The van der Waals surface area contributed by atoms with Crippen LogP contribution >= 0.6 is 31.9 Å². The summed E-state index contributed by atoms with van der Waals surface area (Å²) in [6.07, 6.45) is 0. The number of hydrogen-bond donors (Lipinski definition) is 0. The van der Waals surface area contributed by atoms with Crippen LogP contribution in [0.3, 0.4) is 0 Å². The largest absolute Gasteiger partial charge is 0.290 e. The van der Waals surface area contributed by atoms with E-state index >= 15 is 0 Å². The molecule has 0 aromatic heterocycles. The smallest absolute Gasteiger partial charge is 0.247 e. The molecule has 0 saturated carbocycles. The Hall–Kier alpha value is -0.980. The number of alkyl halides is 2. The lowest BCUT2D eigenvalue weighted by atomic mass is 10.1. The van der Waals surface area contributed by atoms with E-state index in [9.17, 15) is 13.2 Å². The highest BCUT2D eigenvalue weighted by Gasteiger charge is 2.47. The van der Waals surface area contributed by atoms with Gasteiger partial charge in [0.1, 0.15) is 0 Å². The van der Waals surface area contributed by atoms with Crippen LogP contribution in [0.5, 0.6) is 0 Å². The fraction of sp³-hybridized carbons (Fsp3) is 0.133. The lowest BCUT2D eigenvalue weighted by molar-refractivity contribution is 0.100. The first-order valence-corrected chi connectivity index (χ1v) is 9.12. The molecule has 0 fully saturated rings. The second-order valence-electron chi connectivity index (χ2n) is 4.53. The molecular formula is C15H12Br2O3S. The van der Waals surface area contributed by atoms with Gasteiger partial charge in [-0.05, 0) is 50.9 Å². The molecule has 0 heterocycles. The number of Topliss-reactive ketones (excluding diaryl/α,β-unsaturated/α-hetero) is 1. The van der Waals surface area contributed by atoms with Gasteiger partial charge in [-0.2, -0.15) is 0 Å². The second kappa shape index (κ2) is 6.02. The monoisotopic (exact) mass is 430 g/mol. The van der Waals surface area contributed by atoms with E-state index in [0.717, 1.165) is 5.56 Å². The van der Waals surface area contributed by atoms with E-state index < -0.39 is 18.2 Å². The summed E-state index contributed by atoms with van der Waals surface area (Å²) in [6, 6.07) is 14.6. The second-order valence-corrected chi connectivity index (χ2v) is 11.1. The third-order valence-corrected chi connectivity index (χ3v) is 8.00. The summed E-state index contributed by atoms with van der Waals surface area (Å²) in [5.41, 5.74) is 1.25. The van der Waals surface area contributed by atoms with Crippen molar-refractivity contribution in [2.24, 2.45) is 0 Å². The third kappa shape index (κ3) is 3.12. The number of carbonyl (C=O) groups excluding carboxylic acids is 1. The summed E-state index contributed by atoms with van der Waals surface area (Å²) >= 11 is 6.08. The first-order valence-electron chi connectivity index (χ1n) is 6.06. The summed E-state index contributed by atoms with van der Waals surface area (Å²) in [6.45, 7) is 1.86. The quantitative estimate of drug-likeness (QED) is 0.541. The van der Waals surface area contributed by atoms with Gasteiger partial charge < -0.3 is 0 Å². The van der Waals surface area contributed by atoms with Gasteiger partial charge in [-0.15, -0.1) is 0 Å². The van der Waals surface area contributed by atoms with Crippen LogP contribution in [0.2, 0.25) is 0 Å². The van der Waals surface area contributed by atoms with Crippen LogP contribution in [0.25, 0.3) is 0 Å². The maximum Gasteiger partial charge on any atom is 0.247 e. The number of ketones is 1. The molecule has 0 saturated heterocycles. The van der Waals surface area contributed by atoms with Crippen molar-refractivity contribution in [1.29, 1.82) is 0 Å². The Kier molecular flexibility index (Phi) is 4.70. The maximum atomic E-state index is 12.7. The molecule has 110 valence electrons. The molecule has 0 aliphatic carbocycles. The summed E-state index contributed by atoms with van der Waals surface area (Å²) in [4.78, 5) is 12.6. The summed E-state index contributed by atoms with van der Waals surface area (Å²) in [7, 11) is -3.92. The van der Waals surface area contributed by atoms with E-state index in [1.807, 2.05) is 6.92 Å². The summed E-state index contributed by atoms with van der Waals surface area (Å²) < 4.78 is 23.4. The number of carbonyl (C=O) groups is 1. The molecule has 0 radical (unpaired) electrons. The van der Waals surface area contributed by atoms with E-state index in [4.69, 9.17) is 0 Å². The van der Waals surface area contributed by atoms with E-state index in [0.29, 0.717) is 5.56 Å². The van der Waals surface area contributed by atoms with Crippen LogP contribution in [0.15, 0.2) is 59.5 Å². The minimum absolute atomic E-state index is 0.0751.